The van der Waals surface area contributed by atoms with E-state index < -0.39 is 17.7 Å². The maximum absolute atomic E-state index is 14.0. The summed E-state index contributed by atoms with van der Waals surface area (Å²) in [4.78, 5) is 64.1. The lowest BCUT2D eigenvalue weighted by Crippen LogP contribution is -2.70. The number of carbonyl (C=O) groups excluding carboxylic acids is 4. The van der Waals surface area contributed by atoms with Crippen molar-refractivity contribution in [3.05, 3.63) is 0 Å². The van der Waals surface area contributed by atoms with E-state index in [4.69, 9.17) is 33.5 Å². The Kier molecular flexibility index (Phi) is 11.4. The highest BCUT2D eigenvalue weighted by Crippen LogP contribution is 2.69. The molecule has 0 unspecified atom stereocenters. The smallest absolute Gasteiger partial charge is 0.305 e. The maximum Gasteiger partial charge on any atom is 0.305 e. The predicted octanol–water partition coefficient (Wildman–Crippen LogP) is 7.44. The molecule has 2 bridgehead atoms. The fraction of sp³-hybridized carbons (Fsp3) is 0.913. The summed E-state index contributed by atoms with van der Waals surface area (Å²) in [5.74, 6) is 0.633. The van der Waals surface area contributed by atoms with Crippen LogP contribution in [-0.4, -0.2) is 73.0 Å². The zero-order valence-corrected chi connectivity index (χ0v) is 36.6. The second-order valence-corrected chi connectivity index (χ2v) is 21.0. The molecule has 1 N–H and O–H groups in total. The van der Waals surface area contributed by atoms with Gasteiger partial charge in [0.05, 0.1) is 19.6 Å². The first kappa shape index (κ1) is 42.4. The fourth-order valence-corrected chi connectivity index (χ4v) is 15.3. The van der Waals surface area contributed by atoms with Gasteiger partial charge in [-0.2, -0.15) is 0 Å². The van der Waals surface area contributed by atoms with Crippen molar-refractivity contribution < 1.29 is 52.6 Å². The quantitative estimate of drug-likeness (QED) is 0.141. The topological polar surface area (TPSA) is 145 Å². The van der Waals surface area contributed by atoms with Gasteiger partial charge in [0.15, 0.2) is 11.9 Å². The van der Waals surface area contributed by atoms with Gasteiger partial charge < -0.3 is 29.0 Å². The van der Waals surface area contributed by atoms with E-state index in [1.54, 1.807) is 0 Å². The third kappa shape index (κ3) is 6.94. The van der Waals surface area contributed by atoms with Crippen LogP contribution in [0.15, 0.2) is 0 Å². The summed E-state index contributed by atoms with van der Waals surface area (Å²) < 4.78 is 31.0. The number of ether oxygens (including phenoxy) is 5. The normalized spacial score (nSPS) is 49.5. The van der Waals surface area contributed by atoms with Crippen molar-refractivity contribution in [3.8, 4) is 0 Å². The third-order valence-corrected chi connectivity index (χ3v) is 18.2. The Morgan fingerprint density at radius 1 is 0.828 bits per heavy atom. The highest BCUT2D eigenvalue weighted by molar-refractivity contribution is 5.77. The second-order valence-electron chi connectivity index (χ2n) is 21.0. The van der Waals surface area contributed by atoms with Gasteiger partial charge in [-0.1, -0.05) is 34.6 Å². The fourth-order valence-electron chi connectivity index (χ4n) is 15.3. The molecule has 0 aromatic carbocycles. The molecule has 326 valence electrons. The van der Waals surface area contributed by atoms with Crippen molar-refractivity contribution in [2.24, 2.45) is 70.0 Å². The lowest BCUT2D eigenvalue weighted by molar-refractivity contribution is -0.570. The molecule has 0 aromatic rings. The monoisotopic (exact) mass is 814 g/mol. The van der Waals surface area contributed by atoms with Gasteiger partial charge in [-0.05, 0) is 130 Å². The van der Waals surface area contributed by atoms with Crippen LogP contribution in [0.5, 0.6) is 0 Å². The van der Waals surface area contributed by atoms with Gasteiger partial charge in [0.1, 0.15) is 12.2 Å². The van der Waals surface area contributed by atoms with E-state index in [1.807, 2.05) is 6.92 Å². The molecule has 5 saturated carbocycles. The Balaban J connectivity index is 0.980. The Morgan fingerprint density at radius 3 is 2.29 bits per heavy atom. The van der Waals surface area contributed by atoms with E-state index in [2.05, 4.69) is 39.9 Å². The number of hydrogen-bond donors (Lipinski definition) is 1. The number of hydrogen-bond acceptors (Lipinski definition) is 11. The van der Waals surface area contributed by atoms with Gasteiger partial charge in [0, 0.05) is 50.0 Å². The van der Waals surface area contributed by atoms with Crippen molar-refractivity contribution in [2.75, 3.05) is 7.11 Å². The van der Waals surface area contributed by atoms with Gasteiger partial charge >= 0.3 is 17.9 Å². The van der Waals surface area contributed by atoms with Crippen molar-refractivity contribution in [1.29, 1.82) is 0 Å². The summed E-state index contributed by atoms with van der Waals surface area (Å²) in [5.41, 5.74) is -1.05. The van der Waals surface area contributed by atoms with E-state index in [0.29, 0.717) is 18.8 Å². The van der Waals surface area contributed by atoms with Crippen molar-refractivity contribution in [2.45, 2.75) is 187 Å². The summed E-state index contributed by atoms with van der Waals surface area (Å²) in [6.45, 7) is 16.4. The van der Waals surface area contributed by atoms with E-state index in [-0.39, 0.29) is 119 Å². The molecule has 9 aliphatic rings. The number of fused-ring (bicyclic) bond motifs is 7. The average Bonchev–Trinajstić information content (AvgIpc) is 3.36. The van der Waals surface area contributed by atoms with Crippen LogP contribution in [-0.2, 0) is 52.6 Å². The number of nitrogens with one attached hydrogen (secondary N) is 1. The number of rotatable bonds is 9. The van der Waals surface area contributed by atoms with Gasteiger partial charge in [-0.25, -0.2) is 9.78 Å². The molecule has 12 nitrogen and oxygen atoms in total. The summed E-state index contributed by atoms with van der Waals surface area (Å²) in [6.07, 6.45) is 9.75. The van der Waals surface area contributed by atoms with Gasteiger partial charge in [0.2, 0.25) is 11.7 Å². The van der Waals surface area contributed by atoms with Gasteiger partial charge in [0.25, 0.3) is 0 Å². The molecule has 4 heterocycles. The molecule has 0 radical (unpaired) electrons. The molecule has 1 amide bonds. The van der Waals surface area contributed by atoms with Crippen LogP contribution in [0.3, 0.4) is 0 Å². The van der Waals surface area contributed by atoms with Crippen LogP contribution >= 0.6 is 0 Å². The first-order valence-electron chi connectivity index (χ1n) is 22.8. The van der Waals surface area contributed by atoms with Crippen molar-refractivity contribution >= 4 is 23.8 Å². The largest absolute Gasteiger partial charge is 0.469 e. The molecule has 58 heavy (non-hydrogen) atoms. The summed E-state index contributed by atoms with van der Waals surface area (Å²) in [6, 6.07) is -0.00400. The minimum absolute atomic E-state index is 0.00353. The molecule has 12 heteroatoms. The van der Waals surface area contributed by atoms with Gasteiger partial charge in [-0.3, -0.25) is 19.2 Å². The predicted molar refractivity (Wildman–Crippen MR) is 211 cm³/mol. The summed E-state index contributed by atoms with van der Waals surface area (Å²) >= 11 is 0. The lowest BCUT2D eigenvalue weighted by Gasteiger charge is -2.64. The molecule has 0 aromatic heterocycles. The number of esters is 3. The summed E-state index contributed by atoms with van der Waals surface area (Å²) in [7, 11) is 1.43. The Morgan fingerprint density at radius 2 is 1.57 bits per heavy atom. The first-order chi connectivity index (χ1) is 27.4. The van der Waals surface area contributed by atoms with E-state index >= 15 is 0 Å². The molecule has 4 aliphatic heterocycles. The van der Waals surface area contributed by atoms with Crippen LogP contribution in [0.4, 0.5) is 0 Å². The molecule has 1 spiro atoms. The van der Waals surface area contributed by atoms with Crippen molar-refractivity contribution in [1.82, 2.24) is 5.32 Å². The number of carbonyl (C=O) groups is 4. The zero-order chi connectivity index (χ0) is 41.5. The lowest BCUT2D eigenvalue weighted by atomic mass is 9.43. The maximum atomic E-state index is 14.0. The standard InChI is InChI=1S/C46H71NO11/c1-24(11-15-40(51)52-9)31-13-14-34-41-35(22-38(45(31,34)8)54-28(5)49)43(6)18-16-30(20-29(43)21-37(41)53-27(4)48)47-39(50)23-36-26(3)33-12-10-25(2)32-17-19-44(7)56-42(55-36)46(32,33)58-57-44/h24-26,29-38,41-42H,10-23H2,1-9H3,(H,47,50)/t24-,25-,26-,29+,30-,31-,32+,33+,34+,35+,36-,37-,38+,41+,42-,43+,44-,45-,46-/m1/s1. The van der Waals surface area contributed by atoms with Crippen LogP contribution in [0.2, 0.25) is 0 Å². The van der Waals surface area contributed by atoms with E-state index in [1.165, 1.54) is 21.0 Å². The van der Waals surface area contributed by atoms with Crippen LogP contribution < -0.4 is 5.32 Å². The second kappa shape index (κ2) is 15.6. The Labute approximate surface area is 345 Å². The molecular formula is C46H71NO11. The molecule has 9 rings (SSSR count). The Hall–Kier alpha value is -2.28. The molecule has 4 saturated heterocycles. The minimum Gasteiger partial charge on any atom is -0.469 e. The van der Waals surface area contributed by atoms with Crippen LogP contribution in [0.25, 0.3) is 0 Å². The highest BCUT2D eigenvalue weighted by atomic mass is 17.3. The average molecular weight is 814 g/mol. The first-order valence-corrected chi connectivity index (χ1v) is 22.8. The molecule has 5 aliphatic carbocycles. The van der Waals surface area contributed by atoms with Crippen LogP contribution in [0, 0.1) is 70.0 Å². The van der Waals surface area contributed by atoms with E-state index in [9.17, 15) is 19.2 Å². The number of amides is 1. The molecule has 19 atom stereocenters. The summed E-state index contributed by atoms with van der Waals surface area (Å²) in [5, 5.41) is 3.45. The van der Waals surface area contributed by atoms with Crippen molar-refractivity contribution in [3.63, 3.8) is 0 Å². The van der Waals surface area contributed by atoms with Gasteiger partial charge in [-0.15, -0.1) is 0 Å². The zero-order valence-electron chi connectivity index (χ0n) is 36.6. The van der Waals surface area contributed by atoms with Crippen LogP contribution in [0.1, 0.15) is 145 Å². The van der Waals surface area contributed by atoms with E-state index in [0.717, 1.165) is 70.6 Å². The Bertz CT molecular complexity index is 1610. The molecule has 9 fully saturated rings. The SMILES string of the molecule is COC(=O)CC[C@@H](C)[C@H]1CC[C@H]2[C@@H]3[C@H](OC(C)=O)C[C@@H]4C[C@H](NC(=O)C[C@H]5O[C@@H]6O[C@@]7(C)CC[C@H]8[C@H](C)CC[C@@H]([C@H]5C)[C@@]68OO7)CC[C@]4(C)[C@H]3C[C@H](OC(C)=O)[C@]12C. The third-order valence-electron chi connectivity index (χ3n) is 18.2. The number of methoxy groups -OCH3 is 1. The minimum atomic E-state index is -0.860. The highest BCUT2D eigenvalue weighted by Gasteiger charge is 2.70. The molecular weight excluding hydrogens is 743 g/mol.